The van der Waals surface area contributed by atoms with Gasteiger partial charge >= 0.3 is 6.03 Å². The van der Waals surface area contributed by atoms with Crippen LogP contribution in [0.2, 0.25) is 5.02 Å². The summed E-state index contributed by atoms with van der Waals surface area (Å²) in [6.07, 6.45) is 1.66. The Hall–Kier alpha value is -2.33. The first-order chi connectivity index (χ1) is 10.2. The predicted molar refractivity (Wildman–Crippen MR) is 86.0 cm³/mol. The van der Waals surface area contributed by atoms with E-state index in [1.807, 2.05) is 49.4 Å². The number of hydrogen-bond acceptors (Lipinski definition) is 2. The molecule has 0 bridgehead atoms. The van der Waals surface area contributed by atoms with E-state index in [1.54, 1.807) is 6.21 Å². The molecule has 0 radical (unpaired) electrons. The lowest BCUT2D eigenvalue weighted by atomic mass is 10.0. The number of hydrogen-bond donors (Lipinski definition) is 1. The van der Waals surface area contributed by atoms with Crippen LogP contribution in [0.3, 0.4) is 0 Å². The van der Waals surface area contributed by atoms with Crippen molar-refractivity contribution in [1.29, 1.82) is 0 Å². The molecule has 4 nitrogen and oxygen atoms in total. The second kappa shape index (κ2) is 5.58. The van der Waals surface area contributed by atoms with Gasteiger partial charge in [-0.3, -0.25) is 0 Å². The van der Waals surface area contributed by atoms with Crippen molar-refractivity contribution in [2.75, 3.05) is 11.6 Å². The molecule has 2 amide bonds. The largest absolute Gasteiger partial charge is 0.342 e. The third-order valence-corrected chi connectivity index (χ3v) is 3.67. The molecule has 0 spiro atoms. The minimum Gasteiger partial charge on any atom is -0.331 e. The predicted octanol–water partition coefficient (Wildman–Crippen LogP) is 3.83. The molecule has 106 valence electrons. The fourth-order valence-corrected chi connectivity index (χ4v) is 2.66. The van der Waals surface area contributed by atoms with Gasteiger partial charge in [0.25, 0.3) is 0 Å². The summed E-state index contributed by atoms with van der Waals surface area (Å²) in [7, 11) is 0. The van der Waals surface area contributed by atoms with E-state index in [2.05, 4.69) is 10.4 Å². The summed E-state index contributed by atoms with van der Waals surface area (Å²) in [6, 6.07) is 13.2. The first-order valence-electron chi connectivity index (χ1n) is 6.63. The van der Waals surface area contributed by atoms with Crippen LogP contribution in [0.25, 0.3) is 11.1 Å². The SMILES string of the molecule is Cc1cccc(Cl)c1-c1ccc(N2N=CCNC2=O)cc1. The summed E-state index contributed by atoms with van der Waals surface area (Å²) < 4.78 is 0. The van der Waals surface area contributed by atoms with Gasteiger partial charge in [-0.25, -0.2) is 4.79 Å². The molecule has 0 saturated carbocycles. The number of halogens is 1. The van der Waals surface area contributed by atoms with Crippen LogP contribution >= 0.6 is 11.6 Å². The number of anilines is 1. The van der Waals surface area contributed by atoms with E-state index in [1.165, 1.54) is 5.01 Å². The molecule has 1 aliphatic rings. The first kappa shape index (κ1) is 13.6. The van der Waals surface area contributed by atoms with E-state index in [0.29, 0.717) is 6.54 Å². The average Bonchev–Trinajstić information content (AvgIpc) is 2.48. The average molecular weight is 300 g/mol. The van der Waals surface area contributed by atoms with Crippen LogP contribution in [0.5, 0.6) is 0 Å². The summed E-state index contributed by atoms with van der Waals surface area (Å²) >= 11 is 6.28. The van der Waals surface area contributed by atoms with Gasteiger partial charge in [0.05, 0.1) is 12.2 Å². The number of rotatable bonds is 2. The summed E-state index contributed by atoms with van der Waals surface area (Å²) in [4.78, 5) is 11.7. The summed E-state index contributed by atoms with van der Waals surface area (Å²) in [5.74, 6) is 0. The highest BCUT2D eigenvalue weighted by Crippen LogP contribution is 2.32. The second-order valence-corrected chi connectivity index (χ2v) is 5.18. The Morgan fingerprint density at radius 1 is 1.19 bits per heavy atom. The Kier molecular flexibility index (Phi) is 3.62. The standard InChI is InChI=1S/C16H14ClN3O/c1-11-3-2-4-14(17)15(11)12-5-7-13(8-6-12)20-16(21)18-9-10-19-20/h2-8,10H,9H2,1H3,(H,18,21). The van der Waals surface area contributed by atoms with Crippen LogP contribution in [0.4, 0.5) is 10.5 Å². The topological polar surface area (TPSA) is 44.7 Å². The molecule has 0 aliphatic carbocycles. The molecule has 1 aliphatic heterocycles. The first-order valence-corrected chi connectivity index (χ1v) is 7.00. The molecular weight excluding hydrogens is 286 g/mol. The summed E-state index contributed by atoms with van der Waals surface area (Å²) in [6.45, 7) is 2.49. The van der Waals surface area contributed by atoms with Crippen LogP contribution in [-0.4, -0.2) is 18.8 Å². The Bertz CT molecular complexity index is 690. The fourth-order valence-electron chi connectivity index (χ4n) is 2.33. The van der Waals surface area contributed by atoms with E-state index in [9.17, 15) is 4.79 Å². The Morgan fingerprint density at radius 3 is 2.62 bits per heavy atom. The Balaban J connectivity index is 1.96. The smallest absolute Gasteiger partial charge is 0.331 e. The van der Waals surface area contributed by atoms with E-state index in [0.717, 1.165) is 27.4 Å². The van der Waals surface area contributed by atoms with Crippen LogP contribution in [0.15, 0.2) is 47.6 Å². The minimum atomic E-state index is -0.223. The number of benzene rings is 2. The molecular formula is C16H14ClN3O. The van der Waals surface area contributed by atoms with Crippen LogP contribution in [0.1, 0.15) is 5.56 Å². The molecule has 21 heavy (non-hydrogen) atoms. The third kappa shape index (κ3) is 2.62. The van der Waals surface area contributed by atoms with Gasteiger partial charge in [0, 0.05) is 16.8 Å². The Labute approximate surface area is 128 Å². The number of urea groups is 1. The lowest BCUT2D eigenvalue weighted by Crippen LogP contribution is -2.41. The number of nitrogens with zero attached hydrogens (tertiary/aromatic N) is 2. The van der Waals surface area contributed by atoms with Gasteiger partial charge in [0.2, 0.25) is 0 Å². The van der Waals surface area contributed by atoms with E-state index in [4.69, 9.17) is 11.6 Å². The van der Waals surface area contributed by atoms with Gasteiger partial charge < -0.3 is 5.32 Å². The molecule has 1 heterocycles. The number of hydrazone groups is 1. The van der Waals surface area contributed by atoms with Crippen molar-refractivity contribution >= 4 is 29.5 Å². The third-order valence-electron chi connectivity index (χ3n) is 3.36. The molecule has 5 heteroatoms. The monoisotopic (exact) mass is 299 g/mol. The molecule has 2 aromatic rings. The van der Waals surface area contributed by atoms with E-state index >= 15 is 0 Å². The van der Waals surface area contributed by atoms with Crippen molar-refractivity contribution in [1.82, 2.24) is 5.32 Å². The second-order valence-electron chi connectivity index (χ2n) is 4.77. The number of carbonyl (C=O) groups is 1. The van der Waals surface area contributed by atoms with Crippen molar-refractivity contribution in [3.63, 3.8) is 0 Å². The fraction of sp³-hybridized carbons (Fsp3) is 0.125. The van der Waals surface area contributed by atoms with Gasteiger partial charge in [-0.05, 0) is 36.2 Å². The van der Waals surface area contributed by atoms with Crippen molar-refractivity contribution in [2.24, 2.45) is 5.10 Å². The molecule has 0 aromatic heterocycles. The normalized spacial score (nSPS) is 14.2. The zero-order valence-electron chi connectivity index (χ0n) is 11.5. The van der Waals surface area contributed by atoms with Crippen LogP contribution in [0, 0.1) is 6.92 Å². The number of nitrogens with one attached hydrogen (secondary N) is 1. The van der Waals surface area contributed by atoms with Gasteiger partial charge in [0.15, 0.2) is 0 Å². The molecule has 0 fully saturated rings. The van der Waals surface area contributed by atoms with Crippen molar-refractivity contribution in [3.8, 4) is 11.1 Å². The van der Waals surface area contributed by atoms with Gasteiger partial charge in [-0.15, -0.1) is 0 Å². The molecule has 0 unspecified atom stereocenters. The van der Waals surface area contributed by atoms with Crippen molar-refractivity contribution in [3.05, 3.63) is 53.1 Å². The number of carbonyl (C=O) groups excluding carboxylic acids is 1. The minimum absolute atomic E-state index is 0.223. The number of amides is 2. The highest BCUT2D eigenvalue weighted by Gasteiger charge is 2.17. The maximum atomic E-state index is 11.7. The summed E-state index contributed by atoms with van der Waals surface area (Å²) in [5, 5.41) is 8.86. The lowest BCUT2D eigenvalue weighted by molar-refractivity contribution is 0.247. The molecule has 1 N–H and O–H groups in total. The maximum absolute atomic E-state index is 11.7. The van der Waals surface area contributed by atoms with E-state index in [-0.39, 0.29) is 6.03 Å². The molecule has 3 rings (SSSR count). The molecule has 0 saturated heterocycles. The van der Waals surface area contributed by atoms with Crippen molar-refractivity contribution < 1.29 is 4.79 Å². The van der Waals surface area contributed by atoms with Gasteiger partial charge in [0.1, 0.15) is 0 Å². The van der Waals surface area contributed by atoms with Crippen molar-refractivity contribution in [2.45, 2.75) is 6.92 Å². The van der Waals surface area contributed by atoms with E-state index < -0.39 is 0 Å². The zero-order valence-corrected chi connectivity index (χ0v) is 12.3. The quantitative estimate of drug-likeness (QED) is 0.900. The molecule has 0 atom stereocenters. The lowest BCUT2D eigenvalue weighted by Gasteiger charge is -2.21. The zero-order chi connectivity index (χ0) is 14.8. The Morgan fingerprint density at radius 2 is 1.95 bits per heavy atom. The highest BCUT2D eigenvalue weighted by molar-refractivity contribution is 6.33. The van der Waals surface area contributed by atoms with Crippen LogP contribution in [-0.2, 0) is 0 Å². The van der Waals surface area contributed by atoms with Crippen LogP contribution < -0.4 is 10.3 Å². The maximum Gasteiger partial charge on any atom is 0.342 e. The summed E-state index contributed by atoms with van der Waals surface area (Å²) in [5.41, 5.74) is 3.86. The van der Waals surface area contributed by atoms with Gasteiger partial charge in [-0.2, -0.15) is 10.1 Å². The highest BCUT2D eigenvalue weighted by atomic mass is 35.5. The molecule has 2 aromatic carbocycles. The number of aryl methyl sites for hydroxylation is 1. The van der Waals surface area contributed by atoms with Gasteiger partial charge in [-0.1, -0.05) is 35.9 Å².